The Morgan fingerprint density at radius 3 is 2.59 bits per heavy atom. The molecule has 29 heavy (non-hydrogen) atoms. The van der Waals surface area contributed by atoms with Crippen LogP contribution in [0.2, 0.25) is 0 Å². The maximum Gasteiger partial charge on any atom is 0.330 e. The number of nitrogens with one attached hydrogen (secondary N) is 1. The number of piperazine rings is 1. The number of ether oxygens (including phenoxy) is 1. The standard InChI is InChI=1S/C18H26N6O5/c1-12-9-13(21-29-12)10-22-3-5-23(6-4-22)11-14(25)15-16(19)24(7-8-28-2)18(27)20-17(15)26/h9H,3-8,10-11,19H2,1-2H3,(H,20,26,27). The molecule has 0 bridgehead atoms. The largest absolute Gasteiger partial charge is 0.384 e. The van der Waals surface area contributed by atoms with Crippen LogP contribution in [0.4, 0.5) is 5.82 Å². The number of hydrogen-bond donors (Lipinski definition) is 2. The minimum absolute atomic E-state index is 0.0622. The maximum absolute atomic E-state index is 12.7. The number of nitrogens with zero attached hydrogens (tertiary/aromatic N) is 4. The van der Waals surface area contributed by atoms with Crippen molar-refractivity contribution in [3.8, 4) is 0 Å². The molecule has 0 radical (unpaired) electrons. The van der Waals surface area contributed by atoms with Gasteiger partial charge in [0.15, 0.2) is 5.78 Å². The number of H-pyrrole nitrogens is 1. The van der Waals surface area contributed by atoms with Gasteiger partial charge in [-0.15, -0.1) is 0 Å². The summed E-state index contributed by atoms with van der Waals surface area (Å²) >= 11 is 0. The first-order valence-electron chi connectivity index (χ1n) is 9.40. The second kappa shape index (κ2) is 9.16. The van der Waals surface area contributed by atoms with E-state index in [0.29, 0.717) is 19.6 Å². The van der Waals surface area contributed by atoms with E-state index in [9.17, 15) is 14.4 Å². The molecule has 0 aromatic carbocycles. The number of rotatable bonds is 8. The summed E-state index contributed by atoms with van der Waals surface area (Å²) < 4.78 is 11.2. The average molecular weight is 406 g/mol. The minimum Gasteiger partial charge on any atom is -0.384 e. The fourth-order valence-corrected chi connectivity index (χ4v) is 3.37. The number of methoxy groups -OCH3 is 1. The maximum atomic E-state index is 12.7. The molecule has 3 rings (SSSR count). The molecule has 1 saturated heterocycles. The molecule has 0 spiro atoms. The lowest BCUT2D eigenvalue weighted by Gasteiger charge is -2.33. The van der Waals surface area contributed by atoms with Gasteiger partial charge in [0.25, 0.3) is 5.56 Å². The monoisotopic (exact) mass is 406 g/mol. The van der Waals surface area contributed by atoms with Gasteiger partial charge in [-0.3, -0.25) is 28.9 Å². The van der Waals surface area contributed by atoms with Gasteiger partial charge < -0.3 is 15.0 Å². The third-order valence-electron chi connectivity index (χ3n) is 4.93. The highest BCUT2D eigenvalue weighted by Crippen LogP contribution is 2.11. The van der Waals surface area contributed by atoms with E-state index in [4.69, 9.17) is 15.0 Å². The zero-order chi connectivity index (χ0) is 21.0. The highest BCUT2D eigenvalue weighted by Gasteiger charge is 2.24. The molecule has 0 saturated carbocycles. The fourth-order valence-electron chi connectivity index (χ4n) is 3.37. The zero-order valence-electron chi connectivity index (χ0n) is 16.6. The van der Waals surface area contributed by atoms with Crippen molar-refractivity contribution in [2.45, 2.75) is 20.0 Å². The third-order valence-corrected chi connectivity index (χ3v) is 4.93. The van der Waals surface area contributed by atoms with Crippen molar-refractivity contribution < 1.29 is 14.1 Å². The topological polar surface area (TPSA) is 140 Å². The SMILES string of the molecule is COCCn1c(N)c(C(=O)CN2CCN(Cc3cc(C)on3)CC2)c(=O)[nH]c1=O. The van der Waals surface area contributed by atoms with Crippen molar-refractivity contribution in [2.24, 2.45) is 0 Å². The predicted octanol–water partition coefficient (Wildman–Crippen LogP) is -0.938. The van der Waals surface area contributed by atoms with Crippen LogP contribution in [0.15, 0.2) is 20.2 Å². The van der Waals surface area contributed by atoms with E-state index in [2.05, 4.69) is 15.0 Å². The third kappa shape index (κ3) is 5.00. The summed E-state index contributed by atoms with van der Waals surface area (Å²) in [6.07, 6.45) is 0. The highest BCUT2D eigenvalue weighted by atomic mass is 16.5. The number of anilines is 1. The molecule has 11 heteroatoms. The van der Waals surface area contributed by atoms with E-state index in [0.717, 1.165) is 29.1 Å². The second-order valence-corrected chi connectivity index (χ2v) is 7.07. The number of carbonyl (C=O) groups excluding carboxylic acids is 1. The molecular formula is C18H26N6O5. The molecule has 0 atom stereocenters. The van der Waals surface area contributed by atoms with Gasteiger partial charge in [-0.1, -0.05) is 5.16 Å². The van der Waals surface area contributed by atoms with E-state index in [1.807, 2.05) is 17.9 Å². The van der Waals surface area contributed by atoms with Crippen LogP contribution in [-0.2, 0) is 17.8 Å². The fraction of sp³-hybridized carbons (Fsp3) is 0.556. The number of ketones is 1. The Balaban J connectivity index is 1.62. The van der Waals surface area contributed by atoms with Gasteiger partial charge in [-0.2, -0.15) is 0 Å². The number of carbonyl (C=O) groups is 1. The number of hydrogen-bond acceptors (Lipinski definition) is 9. The molecule has 2 aromatic rings. The van der Waals surface area contributed by atoms with Crippen molar-refractivity contribution in [1.29, 1.82) is 0 Å². The molecule has 1 aliphatic heterocycles. The smallest absolute Gasteiger partial charge is 0.330 e. The van der Waals surface area contributed by atoms with Gasteiger partial charge in [0.05, 0.1) is 25.4 Å². The van der Waals surface area contributed by atoms with E-state index < -0.39 is 17.0 Å². The normalized spacial score (nSPS) is 15.7. The van der Waals surface area contributed by atoms with Gasteiger partial charge in [0, 0.05) is 45.9 Å². The van der Waals surface area contributed by atoms with Crippen LogP contribution in [0, 0.1) is 6.92 Å². The summed E-state index contributed by atoms with van der Waals surface area (Å²) in [5, 5.41) is 4.00. The Labute approximate surface area is 167 Å². The number of Topliss-reactive ketones (excluding diaryl/α,β-unsaturated/α-hetero) is 1. The first-order valence-corrected chi connectivity index (χ1v) is 9.40. The van der Waals surface area contributed by atoms with Crippen molar-refractivity contribution in [3.05, 3.63) is 43.9 Å². The minimum atomic E-state index is -0.758. The van der Waals surface area contributed by atoms with Crippen LogP contribution >= 0.6 is 0 Å². The lowest BCUT2D eigenvalue weighted by molar-refractivity contribution is 0.0839. The first-order chi connectivity index (χ1) is 13.9. The molecule has 3 N–H and O–H groups in total. The van der Waals surface area contributed by atoms with Crippen LogP contribution in [0.5, 0.6) is 0 Å². The summed E-state index contributed by atoms with van der Waals surface area (Å²) in [6, 6.07) is 1.91. The van der Waals surface area contributed by atoms with Gasteiger partial charge in [0.2, 0.25) is 0 Å². The number of aryl methyl sites for hydroxylation is 1. The van der Waals surface area contributed by atoms with Crippen molar-refractivity contribution >= 4 is 11.6 Å². The zero-order valence-corrected chi connectivity index (χ0v) is 16.6. The number of nitrogen functional groups attached to an aromatic ring is 1. The van der Waals surface area contributed by atoms with E-state index in [1.54, 1.807) is 0 Å². The summed E-state index contributed by atoms with van der Waals surface area (Å²) in [5.74, 6) is 0.246. The molecule has 1 fully saturated rings. The van der Waals surface area contributed by atoms with Crippen molar-refractivity contribution in [2.75, 3.05) is 52.2 Å². The molecule has 158 valence electrons. The highest BCUT2D eigenvalue weighted by molar-refractivity contribution is 6.01. The number of nitrogens with two attached hydrogens (primary N) is 1. The summed E-state index contributed by atoms with van der Waals surface area (Å²) in [4.78, 5) is 43.2. The van der Waals surface area contributed by atoms with Gasteiger partial charge in [0.1, 0.15) is 17.1 Å². The molecule has 0 aliphatic carbocycles. The first kappa shape index (κ1) is 21.0. The van der Waals surface area contributed by atoms with Gasteiger partial charge >= 0.3 is 5.69 Å². The Kier molecular flexibility index (Phi) is 6.62. The number of aromatic nitrogens is 3. The molecule has 11 nitrogen and oxygen atoms in total. The Bertz CT molecular complexity index is 970. The second-order valence-electron chi connectivity index (χ2n) is 7.07. The van der Waals surface area contributed by atoms with Crippen molar-refractivity contribution in [3.63, 3.8) is 0 Å². The van der Waals surface area contributed by atoms with E-state index in [-0.39, 0.29) is 31.1 Å². The average Bonchev–Trinajstić information content (AvgIpc) is 3.07. The van der Waals surface area contributed by atoms with Gasteiger partial charge in [-0.25, -0.2) is 4.79 Å². The lowest BCUT2D eigenvalue weighted by atomic mass is 10.1. The number of aromatic amines is 1. The molecule has 2 aromatic heterocycles. The predicted molar refractivity (Wildman–Crippen MR) is 105 cm³/mol. The lowest BCUT2D eigenvalue weighted by Crippen LogP contribution is -2.48. The van der Waals surface area contributed by atoms with Crippen molar-refractivity contribution in [1.82, 2.24) is 24.5 Å². The summed E-state index contributed by atoms with van der Waals surface area (Å²) in [5.41, 5.74) is 5.25. The molecule has 1 aliphatic rings. The quantitative estimate of drug-likeness (QED) is 0.532. The van der Waals surface area contributed by atoms with Crippen LogP contribution < -0.4 is 17.0 Å². The van der Waals surface area contributed by atoms with Gasteiger partial charge in [-0.05, 0) is 6.92 Å². The van der Waals surface area contributed by atoms with E-state index >= 15 is 0 Å². The summed E-state index contributed by atoms with van der Waals surface area (Å²) in [7, 11) is 1.49. The van der Waals surface area contributed by atoms with E-state index in [1.165, 1.54) is 7.11 Å². The Morgan fingerprint density at radius 2 is 1.97 bits per heavy atom. The van der Waals surface area contributed by atoms with Crippen LogP contribution in [0.1, 0.15) is 21.8 Å². The molecule has 3 heterocycles. The summed E-state index contributed by atoms with van der Waals surface area (Å²) in [6.45, 7) is 5.86. The Morgan fingerprint density at radius 1 is 1.28 bits per heavy atom. The van der Waals surface area contributed by atoms with Crippen LogP contribution in [-0.4, -0.2) is 76.7 Å². The molecular weight excluding hydrogens is 380 g/mol. The molecule has 0 unspecified atom stereocenters. The Hall–Kier alpha value is -2.76. The molecule has 0 amide bonds. The van der Waals surface area contributed by atoms with Crippen LogP contribution in [0.25, 0.3) is 0 Å². The van der Waals surface area contributed by atoms with Crippen LogP contribution in [0.3, 0.4) is 0 Å².